The molecule has 152 valence electrons. The fourth-order valence-electron chi connectivity index (χ4n) is 2.52. The molecule has 2 aromatic rings. The average Bonchev–Trinajstić information content (AvgIpc) is 2.69. The highest BCUT2D eigenvalue weighted by Gasteiger charge is 2.18. The third-order valence-corrected chi connectivity index (χ3v) is 4.24. The van der Waals surface area contributed by atoms with Crippen LogP contribution in [0.15, 0.2) is 48.5 Å². The molecule has 2 atom stereocenters. The van der Waals surface area contributed by atoms with Gasteiger partial charge in [-0.2, -0.15) is 0 Å². The number of hydrogen-bond acceptors (Lipinski definition) is 5. The Labute approximate surface area is 166 Å². The minimum absolute atomic E-state index is 0.0794. The monoisotopic (exact) mass is 399 g/mol. The molecule has 0 saturated heterocycles. The van der Waals surface area contributed by atoms with Crippen molar-refractivity contribution in [3.05, 3.63) is 69.8 Å². The van der Waals surface area contributed by atoms with Gasteiger partial charge >= 0.3 is 5.97 Å². The molecule has 0 spiro atoms. The highest BCUT2D eigenvalue weighted by molar-refractivity contribution is 6.01. The number of nitro groups is 1. The van der Waals surface area contributed by atoms with Gasteiger partial charge < -0.3 is 15.7 Å². The normalized spacial score (nSPS) is 12.5. The van der Waals surface area contributed by atoms with Crippen LogP contribution >= 0.6 is 0 Å². The summed E-state index contributed by atoms with van der Waals surface area (Å²) in [5.41, 5.74) is 1.19. The number of carboxylic acid groups (broad SMARTS) is 1. The van der Waals surface area contributed by atoms with Crippen molar-refractivity contribution in [3.8, 4) is 0 Å². The molecule has 2 amide bonds. The molecular formula is C20H21N3O6. The first-order chi connectivity index (χ1) is 13.7. The van der Waals surface area contributed by atoms with Gasteiger partial charge in [0.05, 0.1) is 10.8 Å². The lowest BCUT2D eigenvalue weighted by Gasteiger charge is -2.14. The third-order valence-electron chi connectivity index (χ3n) is 4.24. The molecule has 0 aliphatic heterocycles. The van der Waals surface area contributed by atoms with Gasteiger partial charge in [-0.25, -0.2) is 0 Å². The standard InChI is InChI=1S/C20H21N3O6/c1-12(20(26)27)10-14-6-8-16(9-7-14)22-18(24)13(2)21-19(25)15-4-3-5-17(11-15)23(28)29/h3-9,11-13H,10H2,1-2H3,(H,21,25)(H,22,24)(H,26,27). The Bertz CT molecular complexity index is 926. The molecule has 0 bridgehead atoms. The number of carbonyl (C=O) groups is 3. The predicted molar refractivity (Wildman–Crippen MR) is 106 cm³/mol. The maximum atomic E-state index is 12.3. The van der Waals surface area contributed by atoms with Crippen LogP contribution in [0.4, 0.5) is 11.4 Å². The van der Waals surface area contributed by atoms with Gasteiger partial charge in [-0.1, -0.05) is 25.1 Å². The maximum Gasteiger partial charge on any atom is 0.306 e. The van der Waals surface area contributed by atoms with Crippen molar-refractivity contribution in [3.63, 3.8) is 0 Å². The third kappa shape index (κ3) is 6.13. The van der Waals surface area contributed by atoms with Crippen LogP contribution in [-0.4, -0.2) is 33.9 Å². The van der Waals surface area contributed by atoms with Gasteiger partial charge in [0.25, 0.3) is 11.6 Å². The lowest BCUT2D eigenvalue weighted by atomic mass is 10.0. The van der Waals surface area contributed by atoms with Crippen LogP contribution in [0, 0.1) is 16.0 Å². The quantitative estimate of drug-likeness (QED) is 0.461. The first kappa shape index (κ1) is 21.5. The Morgan fingerprint density at radius 3 is 2.34 bits per heavy atom. The molecule has 2 rings (SSSR count). The summed E-state index contributed by atoms with van der Waals surface area (Å²) >= 11 is 0. The highest BCUT2D eigenvalue weighted by Crippen LogP contribution is 2.15. The fourth-order valence-corrected chi connectivity index (χ4v) is 2.52. The number of carbonyl (C=O) groups excluding carboxylic acids is 2. The van der Waals surface area contributed by atoms with E-state index in [1.807, 2.05) is 0 Å². The van der Waals surface area contributed by atoms with Gasteiger partial charge in [0.15, 0.2) is 0 Å². The number of nitrogens with one attached hydrogen (secondary N) is 2. The summed E-state index contributed by atoms with van der Waals surface area (Å²) in [5.74, 6) is -2.46. The number of anilines is 1. The number of rotatable bonds is 8. The number of aliphatic carboxylic acids is 1. The van der Waals surface area contributed by atoms with Crippen molar-refractivity contribution in [2.75, 3.05) is 5.32 Å². The van der Waals surface area contributed by atoms with Crippen molar-refractivity contribution in [1.29, 1.82) is 0 Å². The summed E-state index contributed by atoms with van der Waals surface area (Å²) in [6, 6.07) is 11.1. The summed E-state index contributed by atoms with van der Waals surface area (Å²) in [7, 11) is 0. The molecule has 0 heterocycles. The van der Waals surface area contributed by atoms with Gasteiger partial charge in [-0.3, -0.25) is 24.5 Å². The van der Waals surface area contributed by atoms with E-state index < -0.39 is 34.7 Å². The summed E-state index contributed by atoms with van der Waals surface area (Å²) in [6.07, 6.45) is 0.374. The number of nitrogens with zero attached hydrogens (tertiary/aromatic N) is 1. The summed E-state index contributed by atoms with van der Waals surface area (Å²) in [6.45, 7) is 3.11. The van der Waals surface area contributed by atoms with E-state index in [2.05, 4.69) is 10.6 Å². The number of amides is 2. The van der Waals surface area contributed by atoms with Crippen molar-refractivity contribution in [1.82, 2.24) is 5.32 Å². The van der Waals surface area contributed by atoms with E-state index in [-0.39, 0.29) is 11.3 Å². The average molecular weight is 399 g/mol. The highest BCUT2D eigenvalue weighted by atomic mass is 16.6. The van der Waals surface area contributed by atoms with E-state index in [4.69, 9.17) is 5.11 Å². The zero-order valence-electron chi connectivity index (χ0n) is 15.9. The second-order valence-corrected chi connectivity index (χ2v) is 6.63. The van der Waals surface area contributed by atoms with E-state index in [9.17, 15) is 24.5 Å². The molecule has 0 aliphatic carbocycles. The number of carboxylic acids is 1. The molecule has 9 heteroatoms. The van der Waals surface area contributed by atoms with Gasteiger partial charge in [0, 0.05) is 23.4 Å². The Balaban J connectivity index is 1.95. The summed E-state index contributed by atoms with van der Waals surface area (Å²) < 4.78 is 0. The van der Waals surface area contributed by atoms with Crippen LogP contribution in [0.5, 0.6) is 0 Å². The van der Waals surface area contributed by atoms with E-state index in [1.165, 1.54) is 25.1 Å². The SMILES string of the molecule is CC(Cc1ccc(NC(=O)C(C)NC(=O)c2cccc([N+](=O)[O-])c2)cc1)C(=O)O. The molecule has 0 radical (unpaired) electrons. The van der Waals surface area contributed by atoms with Crippen LogP contribution in [0.2, 0.25) is 0 Å². The van der Waals surface area contributed by atoms with E-state index >= 15 is 0 Å². The lowest BCUT2D eigenvalue weighted by molar-refractivity contribution is -0.384. The van der Waals surface area contributed by atoms with Crippen LogP contribution in [0.3, 0.4) is 0 Å². The second kappa shape index (κ2) is 9.45. The Kier molecular flexibility index (Phi) is 7.02. The summed E-state index contributed by atoms with van der Waals surface area (Å²) in [5, 5.41) is 24.9. The van der Waals surface area contributed by atoms with Crippen molar-refractivity contribution < 1.29 is 24.4 Å². The van der Waals surface area contributed by atoms with Crippen LogP contribution in [0.25, 0.3) is 0 Å². The largest absolute Gasteiger partial charge is 0.481 e. The molecular weight excluding hydrogens is 378 g/mol. The van der Waals surface area contributed by atoms with Crippen molar-refractivity contribution in [2.24, 2.45) is 5.92 Å². The summed E-state index contributed by atoms with van der Waals surface area (Å²) in [4.78, 5) is 45.6. The topological polar surface area (TPSA) is 139 Å². The number of benzene rings is 2. The van der Waals surface area contributed by atoms with Gasteiger partial charge in [-0.15, -0.1) is 0 Å². The molecule has 2 unspecified atom stereocenters. The molecule has 9 nitrogen and oxygen atoms in total. The minimum atomic E-state index is -0.881. The Hall–Kier alpha value is -3.75. The molecule has 0 saturated carbocycles. The van der Waals surface area contributed by atoms with E-state index in [1.54, 1.807) is 31.2 Å². The first-order valence-electron chi connectivity index (χ1n) is 8.85. The molecule has 29 heavy (non-hydrogen) atoms. The zero-order valence-corrected chi connectivity index (χ0v) is 15.9. The Morgan fingerprint density at radius 2 is 1.76 bits per heavy atom. The first-order valence-corrected chi connectivity index (χ1v) is 8.85. The molecule has 0 fully saturated rings. The minimum Gasteiger partial charge on any atom is -0.481 e. The maximum absolute atomic E-state index is 12.3. The predicted octanol–water partition coefficient (Wildman–Crippen LogP) is 2.62. The van der Waals surface area contributed by atoms with Gasteiger partial charge in [0.1, 0.15) is 6.04 Å². The molecule has 2 aromatic carbocycles. The van der Waals surface area contributed by atoms with Crippen LogP contribution in [-0.2, 0) is 16.0 Å². The number of non-ortho nitro benzene ring substituents is 1. The van der Waals surface area contributed by atoms with E-state index in [0.717, 1.165) is 11.6 Å². The second-order valence-electron chi connectivity index (χ2n) is 6.63. The molecule has 0 aromatic heterocycles. The number of hydrogen-bond donors (Lipinski definition) is 3. The van der Waals surface area contributed by atoms with Gasteiger partial charge in [0.2, 0.25) is 5.91 Å². The Morgan fingerprint density at radius 1 is 1.10 bits per heavy atom. The zero-order chi connectivity index (χ0) is 21.6. The van der Waals surface area contributed by atoms with Gasteiger partial charge in [-0.05, 0) is 37.1 Å². The van der Waals surface area contributed by atoms with Crippen LogP contribution in [0.1, 0.15) is 29.8 Å². The van der Waals surface area contributed by atoms with E-state index in [0.29, 0.717) is 12.1 Å². The van der Waals surface area contributed by atoms with Crippen LogP contribution < -0.4 is 10.6 Å². The van der Waals surface area contributed by atoms with Crippen molar-refractivity contribution >= 4 is 29.2 Å². The fraction of sp³-hybridized carbons (Fsp3) is 0.250. The van der Waals surface area contributed by atoms with Crippen molar-refractivity contribution in [2.45, 2.75) is 26.3 Å². The lowest BCUT2D eigenvalue weighted by Crippen LogP contribution is -2.41. The molecule has 0 aliphatic rings. The molecule has 3 N–H and O–H groups in total. The number of nitro benzene ring substituents is 1. The smallest absolute Gasteiger partial charge is 0.306 e.